The van der Waals surface area contributed by atoms with Crippen molar-refractivity contribution in [3.63, 3.8) is 0 Å². The Bertz CT molecular complexity index is 288. The second kappa shape index (κ2) is 5.33. The third-order valence-corrected chi connectivity index (χ3v) is 1.95. The lowest BCUT2D eigenvalue weighted by atomic mass is 10.0. The number of nitrogens with one attached hydrogen (secondary N) is 2. The summed E-state index contributed by atoms with van der Waals surface area (Å²) in [6.07, 6.45) is 0.219. The molecule has 5 heteroatoms. The molecule has 0 saturated carbocycles. The van der Waals surface area contributed by atoms with Gasteiger partial charge in [0.2, 0.25) is 5.91 Å². The van der Waals surface area contributed by atoms with E-state index in [9.17, 15) is 4.79 Å². The first-order valence-corrected chi connectivity index (χ1v) is 4.28. The van der Waals surface area contributed by atoms with Crippen LogP contribution in [-0.2, 0) is 4.79 Å². The van der Waals surface area contributed by atoms with Crippen LogP contribution >= 0.6 is 0 Å². The summed E-state index contributed by atoms with van der Waals surface area (Å²) in [5, 5.41) is 0. The zero-order valence-corrected chi connectivity index (χ0v) is 7.73. The number of nitrogens with two attached hydrogens (primary N) is 2. The Hall–Kier alpha value is -1.43. The maximum absolute atomic E-state index is 11.0. The lowest BCUT2D eigenvalue weighted by molar-refractivity contribution is -0.121. The number of rotatable bonds is 4. The number of hydrogen-bond acceptors (Lipinski definition) is 4. The maximum Gasteiger partial charge on any atom is 0.235 e. The molecule has 0 aromatic heterocycles. The molecule has 0 aliphatic rings. The summed E-state index contributed by atoms with van der Waals surface area (Å²) in [5.74, 6) is 10.1. The summed E-state index contributed by atoms with van der Waals surface area (Å²) in [4.78, 5) is 11.0. The minimum atomic E-state index is -0.253. The fraction of sp³-hybridized carbons (Fsp3) is 0.222. The Labute approximate surface area is 82.4 Å². The average molecular weight is 194 g/mol. The molecule has 1 amide bonds. The topological polar surface area (TPSA) is 93.2 Å². The number of carbonyl (C=O) groups is 1. The van der Waals surface area contributed by atoms with E-state index in [0.29, 0.717) is 0 Å². The van der Waals surface area contributed by atoms with Crippen LogP contribution in [0.4, 0.5) is 0 Å². The molecule has 0 aliphatic heterocycles. The standard InChI is InChI=1S/C9H14N4O/c10-12-8(6-9(14)13-11)7-4-2-1-3-5-7/h1-5,8,12H,6,10-11H2,(H,13,14). The summed E-state index contributed by atoms with van der Waals surface area (Å²) < 4.78 is 0. The second-order valence-corrected chi connectivity index (χ2v) is 2.90. The molecule has 1 aromatic rings. The fourth-order valence-electron chi connectivity index (χ4n) is 1.20. The van der Waals surface area contributed by atoms with Crippen LogP contribution in [0.3, 0.4) is 0 Å². The molecule has 14 heavy (non-hydrogen) atoms. The van der Waals surface area contributed by atoms with Gasteiger partial charge in [-0.15, -0.1) is 0 Å². The first kappa shape index (κ1) is 10.6. The van der Waals surface area contributed by atoms with E-state index in [4.69, 9.17) is 11.7 Å². The van der Waals surface area contributed by atoms with Crippen LogP contribution in [-0.4, -0.2) is 5.91 Å². The van der Waals surface area contributed by atoms with Crippen molar-refractivity contribution in [1.82, 2.24) is 10.9 Å². The average Bonchev–Trinajstić information content (AvgIpc) is 2.26. The van der Waals surface area contributed by atoms with Crippen molar-refractivity contribution in [2.75, 3.05) is 0 Å². The normalized spacial score (nSPS) is 12.1. The predicted octanol–water partition coefficient (Wildman–Crippen LogP) is -0.429. The molecule has 76 valence electrons. The van der Waals surface area contributed by atoms with E-state index in [1.165, 1.54) is 0 Å². The first-order valence-electron chi connectivity index (χ1n) is 4.28. The van der Waals surface area contributed by atoms with Gasteiger partial charge in [-0.25, -0.2) is 5.84 Å². The van der Waals surface area contributed by atoms with Crippen LogP contribution in [0.25, 0.3) is 0 Å². The molecule has 0 fully saturated rings. The van der Waals surface area contributed by atoms with Crippen LogP contribution in [0, 0.1) is 0 Å². The number of hydrazine groups is 2. The van der Waals surface area contributed by atoms with Crippen LogP contribution in [0.15, 0.2) is 30.3 Å². The highest BCUT2D eigenvalue weighted by molar-refractivity contribution is 5.76. The third kappa shape index (κ3) is 2.81. The Morgan fingerprint density at radius 3 is 2.43 bits per heavy atom. The molecule has 1 atom stereocenters. The van der Waals surface area contributed by atoms with Crippen LogP contribution in [0.5, 0.6) is 0 Å². The maximum atomic E-state index is 11.0. The largest absolute Gasteiger partial charge is 0.294 e. The van der Waals surface area contributed by atoms with Gasteiger partial charge in [0.25, 0.3) is 0 Å². The smallest absolute Gasteiger partial charge is 0.235 e. The molecule has 1 aromatic carbocycles. The van der Waals surface area contributed by atoms with E-state index < -0.39 is 0 Å². The van der Waals surface area contributed by atoms with Gasteiger partial charge in [-0.2, -0.15) is 0 Å². The van der Waals surface area contributed by atoms with Gasteiger partial charge >= 0.3 is 0 Å². The van der Waals surface area contributed by atoms with E-state index in [2.05, 4.69) is 10.9 Å². The van der Waals surface area contributed by atoms with Gasteiger partial charge in [-0.1, -0.05) is 30.3 Å². The van der Waals surface area contributed by atoms with Crippen molar-refractivity contribution >= 4 is 5.91 Å². The minimum absolute atomic E-state index is 0.209. The van der Waals surface area contributed by atoms with Crippen molar-refractivity contribution in [3.8, 4) is 0 Å². The minimum Gasteiger partial charge on any atom is -0.294 e. The summed E-state index contributed by atoms with van der Waals surface area (Å²) in [6, 6.07) is 9.27. The van der Waals surface area contributed by atoms with Gasteiger partial charge in [0.1, 0.15) is 0 Å². The second-order valence-electron chi connectivity index (χ2n) is 2.90. The highest BCUT2D eigenvalue weighted by Gasteiger charge is 2.12. The first-order chi connectivity index (χ1) is 6.77. The number of hydrogen-bond donors (Lipinski definition) is 4. The Morgan fingerprint density at radius 2 is 1.93 bits per heavy atom. The van der Waals surface area contributed by atoms with Gasteiger partial charge in [0.05, 0.1) is 6.04 Å². The summed E-state index contributed by atoms with van der Waals surface area (Å²) >= 11 is 0. The molecule has 0 heterocycles. The third-order valence-electron chi connectivity index (χ3n) is 1.95. The van der Waals surface area contributed by atoms with E-state index >= 15 is 0 Å². The van der Waals surface area contributed by atoms with E-state index in [1.807, 2.05) is 30.3 Å². The van der Waals surface area contributed by atoms with Crippen LogP contribution in [0.2, 0.25) is 0 Å². The van der Waals surface area contributed by atoms with Crippen molar-refractivity contribution in [3.05, 3.63) is 35.9 Å². The summed E-state index contributed by atoms with van der Waals surface area (Å²) in [7, 11) is 0. The van der Waals surface area contributed by atoms with E-state index in [0.717, 1.165) is 5.56 Å². The molecule has 0 spiro atoms. The van der Waals surface area contributed by atoms with Gasteiger partial charge in [0, 0.05) is 6.42 Å². The molecule has 1 rings (SSSR count). The molecular weight excluding hydrogens is 180 g/mol. The Kier molecular flexibility index (Phi) is 4.06. The lowest BCUT2D eigenvalue weighted by Crippen LogP contribution is -2.36. The van der Waals surface area contributed by atoms with E-state index in [-0.39, 0.29) is 18.4 Å². The number of amides is 1. The van der Waals surface area contributed by atoms with Crippen LogP contribution in [0.1, 0.15) is 18.0 Å². The fourth-order valence-corrected chi connectivity index (χ4v) is 1.20. The monoisotopic (exact) mass is 194 g/mol. The Morgan fingerprint density at radius 1 is 1.29 bits per heavy atom. The summed E-state index contributed by atoms with van der Waals surface area (Å²) in [6.45, 7) is 0. The van der Waals surface area contributed by atoms with Gasteiger partial charge < -0.3 is 0 Å². The lowest BCUT2D eigenvalue weighted by Gasteiger charge is -2.14. The molecule has 1 unspecified atom stereocenters. The van der Waals surface area contributed by atoms with Crippen molar-refractivity contribution in [2.45, 2.75) is 12.5 Å². The highest BCUT2D eigenvalue weighted by atomic mass is 16.2. The molecule has 0 aliphatic carbocycles. The zero-order chi connectivity index (χ0) is 10.4. The van der Waals surface area contributed by atoms with Crippen molar-refractivity contribution in [1.29, 1.82) is 0 Å². The quantitative estimate of drug-likeness (QED) is 0.297. The number of carbonyl (C=O) groups excluding carboxylic acids is 1. The highest BCUT2D eigenvalue weighted by Crippen LogP contribution is 2.14. The van der Waals surface area contributed by atoms with Crippen molar-refractivity contribution < 1.29 is 4.79 Å². The van der Waals surface area contributed by atoms with E-state index in [1.54, 1.807) is 0 Å². The molecular formula is C9H14N4O. The molecule has 5 nitrogen and oxygen atoms in total. The number of benzene rings is 1. The summed E-state index contributed by atoms with van der Waals surface area (Å²) in [5.41, 5.74) is 5.59. The Balaban J connectivity index is 2.68. The molecule has 0 radical (unpaired) electrons. The predicted molar refractivity (Wildman–Crippen MR) is 53.5 cm³/mol. The van der Waals surface area contributed by atoms with Crippen molar-refractivity contribution in [2.24, 2.45) is 11.7 Å². The van der Waals surface area contributed by atoms with Gasteiger partial charge in [0.15, 0.2) is 0 Å². The molecule has 0 bridgehead atoms. The van der Waals surface area contributed by atoms with Gasteiger partial charge in [-0.05, 0) is 5.56 Å². The zero-order valence-electron chi connectivity index (χ0n) is 7.73. The van der Waals surface area contributed by atoms with Gasteiger partial charge in [-0.3, -0.25) is 21.5 Å². The molecule has 6 N–H and O–H groups in total. The van der Waals surface area contributed by atoms with Crippen LogP contribution < -0.4 is 22.5 Å². The SMILES string of the molecule is NNC(=O)CC(NN)c1ccccc1. The molecule has 0 saturated heterocycles.